The van der Waals surface area contributed by atoms with Crippen molar-refractivity contribution >= 4 is 16.7 Å². The molecule has 1 fully saturated rings. The fourth-order valence-electron chi connectivity index (χ4n) is 3.37. The summed E-state index contributed by atoms with van der Waals surface area (Å²) in [4.78, 5) is 14.7. The molecule has 0 unspecified atom stereocenters. The summed E-state index contributed by atoms with van der Waals surface area (Å²) in [5.74, 6) is 0.0661. The van der Waals surface area contributed by atoms with Crippen LogP contribution in [0.2, 0.25) is 0 Å². The van der Waals surface area contributed by atoms with E-state index in [1.54, 1.807) is 0 Å². The maximum atomic E-state index is 12.5. The Bertz CT molecular complexity index is 710. The SMILES string of the molecule is C[C@@H]1CN(CC(=O)N[C@@H](C)c2cccc3ccccc23)[C@@H](C)CO1. The standard InChI is InChI=1S/C20H26N2O2/c1-14-13-24-15(2)11-22(14)12-20(23)21-16(3)18-10-6-8-17-7-4-5-9-19(17)18/h4-10,14-16H,11-13H2,1-3H3,(H,21,23)/t14-,15+,16-/m0/s1. The lowest BCUT2D eigenvalue weighted by molar-refractivity contribution is -0.126. The molecular weight excluding hydrogens is 300 g/mol. The Hall–Kier alpha value is -1.91. The molecule has 128 valence electrons. The maximum Gasteiger partial charge on any atom is 0.234 e. The molecule has 1 aliphatic heterocycles. The Balaban J connectivity index is 1.67. The minimum atomic E-state index is -0.0163. The minimum absolute atomic E-state index is 0.0163. The Labute approximate surface area is 143 Å². The van der Waals surface area contributed by atoms with Gasteiger partial charge in [-0.15, -0.1) is 0 Å². The van der Waals surface area contributed by atoms with Gasteiger partial charge in [0, 0.05) is 12.6 Å². The zero-order valence-electron chi connectivity index (χ0n) is 14.7. The lowest BCUT2D eigenvalue weighted by Crippen LogP contribution is -2.51. The number of nitrogens with zero attached hydrogens (tertiary/aromatic N) is 1. The molecule has 24 heavy (non-hydrogen) atoms. The van der Waals surface area contributed by atoms with E-state index in [1.807, 2.05) is 25.1 Å². The molecule has 3 atom stereocenters. The monoisotopic (exact) mass is 326 g/mol. The summed E-state index contributed by atoms with van der Waals surface area (Å²) >= 11 is 0. The highest BCUT2D eigenvalue weighted by atomic mass is 16.5. The topological polar surface area (TPSA) is 41.6 Å². The van der Waals surface area contributed by atoms with Crippen molar-refractivity contribution in [3.8, 4) is 0 Å². The number of carbonyl (C=O) groups excluding carboxylic acids is 1. The van der Waals surface area contributed by atoms with Gasteiger partial charge < -0.3 is 10.1 Å². The molecule has 4 nitrogen and oxygen atoms in total. The number of nitrogens with one attached hydrogen (secondary N) is 1. The van der Waals surface area contributed by atoms with Crippen molar-refractivity contribution in [3.05, 3.63) is 48.0 Å². The number of hydrogen-bond acceptors (Lipinski definition) is 3. The van der Waals surface area contributed by atoms with Crippen molar-refractivity contribution in [1.82, 2.24) is 10.2 Å². The molecule has 0 saturated carbocycles. The normalized spacial score (nSPS) is 23.1. The van der Waals surface area contributed by atoms with Gasteiger partial charge in [-0.05, 0) is 37.1 Å². The van der Waals surface area contributed by atoms with Gasteiger partial charge in [-0.1, -0.05) is 42.5 Å². The van der Waals surface area contributed by atoms with Gasteiger partial charge in [-0.3, -0.25) is 9.69 Å². The van der Waals surface area contributed by atoms with Crippen LogP contribution in [-0.4, -0.2) is 42.6 Å². The van der Waals surface area contributed by atoms with Crippen molar-refractivity contribution in [2.24, 2.45) is 0 Å². The molecule has 0 aliphatic carbocycles. The molecule has 0 radical (unpaired) electrons. The molecule has 4 heteroatoms. The Morgan fingerprint density at radius 3 is 2.83 bits per heavy atom. The number of morpholine rings is 1. The number of ether oxygens (including phenoxy) is 1. The number of carbonyl (C=O) groups is 1. The molecule has 2 aromatic rings. The third-order valence-electron chi connectivity index (χ3n) is 4.75. The summed E-state index contributed by atoms with van der Waals surface area (Å²) in [7, 11) is 0. The molecule has 3 rings (SSSR count). The molecule has 1 heterocycles. The first-order valence-corrected chi connectivity index (χ1v) is 8.67. The Morgan fingerprint density at radius 1 is 1.25 bits per heavy atom. The van der Waals surface area contributed by atoms with Crippen LogP contribution >= 0.6 is 0 Å². The van der Waals surface area contributed by atoms with Gasteiger partial charge >= 0.3 is 0 Å². The predicted octanol–water partition coefficient (Wildman–Crippen LogP) is 3.13. The van der Waals surface area contributed by atoms with Crippen molar-refractivity contribution < 1.29 is 9.53 Å². The first kappa shape index (κ1) is 16.9. The van der Waals surface area contributed by atoms with Crippen LogP contribution in [0.25, 0.3) is 10.8 Å². The molecule has 2 aromatic carbocycles. The molecule has 1 aliphatic rings. The number of fused-ring (bicyclic) bond motifs is 1. The number of rotatable bonds is 4. The first-order chi connectivity index (χ1) is 11.5. The summed E-state index contributed by atoms with van der Waals surface area (Å²) in [6.07, 6.45) is 0.185. The highest BCUT2D eigenvalue weighted by molar-refractivity contribution is 5.87. The fraction of sp³-hybridized carbons (Fsp3) is 0.450. The van der Waals surface area contributed by atoms with Gasteiger partial charge in [0.15, 0.2) is 0 Å². The largest absolute Gasteiger partial charge is 0.376 e. The summed E-state index contributed by atoms with van der Waals surface area (Å²) in [5, 5.41) is 5.55. The highest BCUT2D eigenvalue weighted by Crippen LogP contribution is 2.24. The van der Waals surface area contributed by atoms with Crippen LogP contribution in [0.3, 0.4) is 0 Å². The third-order valence-corrected chi connectivity index (χ3v) is 4.75. The van der Waals surface area contributed by atoms with Gasteiger partial charge in [0.2, 0.25) is 5.91 Å². The minimum Gasteiger partial charge on any atom is -0.376 e. The summed E-state index contributed by atoms with van der Waals surface area (Å²) < 4.78 is 5.63. The molecule has 0 aromatic heterocycles. The molecule has 1 saturated heterocycles. The van der Waals surface area contributed by atoms with Gasteiger partial charge in [-0.2, -0.15) is 0 Å². The number of amides is 1. The summed E-state index contributed by atoms with van der Waals surface area (Å²) in [5.41, 5.74) is 1.16. The zero-order valence-corrected chi connectivity index (χ0v) is 14.7. The number of benzene rings is 2. The van der Waals surface area contributed by atoms with Crippen molar-refractivity contribution in [3.63, 3.8) is 0 Å². The lowest BCUT2D eigenvalue weighted by Gasteiger charge is -2.36. The van der Waals surface area contributed by atoms with Crippen LogP contribution in [0.1, 0.15) is 32.4 Å². The Kier molecular flexibility index (Phi) is 5.17. The van der Waals surface area contributed by atoms with Gasteiger partial charge in [0.05, 0.1) is 25.3 Å². The zero-order chi connectivity index (χ0) is 17.1. The Morgan fingerprint density at radius 2 is 2.00 bits per heavy atom. The van der Waals surface area contributed by atoms with Gasteiger partial charge in [0.25, 0.3) is 0 Å². The van der Waals surface area contributed by atoms with E-state index in [0.717, 1.165) is 12.1 Å². The van der Waals surface area contributed by atoms with E-state index in [4.69, 9.17) is 4.74 Å². The van der Waals surface area contributed by atoms with Crippen molar-refractivity contribution in [2.45, 2.75) is 39.0 Å². The smallest absolute Gasteiger partial charge is 0.234 e. The van der Waals surface area contributed by atoms with Crippen LogP contribution in [0.15, 0.2) is 42.5 Å². The van der Waals surface area contributed by atoms with E-state index < -0.39 is 0 Å². The van der Waals surface area contributed by atoms with Crippen molar-refractivity contribution in [2.75, 3.05) is 19.7 Å². The second-order valence-corrected chi connectivity index (χ2v) is 6.78. The predicted molar refractivity (Wildman–Crippen MR) is 97.0 cm³/mol. The lowest BCUT2D eigenvalue weighted by atomic mass is 10.00. The van der Waals surface area contributed by atoms with E-state index in [1.165, 1.54) is 10.8 Å². The average Bonchev–Trinajstić information content (AvgIpc) is 2.57. The van der Waals surface area contributed by atoms with Crippen molar-refractivity contribution in [1.29, 1.82) is 0 Å². The second-order valence-electron chi connectivity index (χ2n) is 6.78. The van der Waals surface area contributed by atoms with Gasteiger partial charge in [0.1, 0.15) is 0 Å². The van der Waals surface area contributed by atoms with Gasteiger partial charge in [-0.25, -0.2) is 0 Å². The van der Waals surface area contributed by atoms with E-state index in [2.05, 4.69) is 48.3 Å². The van der Waals surface area contributed by atoms with E-state index >= 15 is 0 Å². The second kappa shape index (κ2) is 7.32. The third kappa shape index (κ3) is 3.77. The van der Waals surface area contributed by atoms with E-state index in [9.17, 15) is 4.79 Å². The summed E-state index contributed by atoms with van der Waals surface area (Å²) in [6.45, 7) is 8.11. The van der Waals surface area contributed by atoms with E-state index in [0.29, 0.717) is 13.2 Å². The molecule has 1 N–H and O–H groups in total. The fourth-order valence-corrected chi connectivity index (χ4v) is 3.37. The van der Waals surface area contributed by atoms with E-state index in [-0.39, 0.29) is 24.1 Å². The molecular formula is C20H26N2O2. The first-order valence-electron chi connectivity index (χ1n) is 8.67. The molecule has 1 amide bonds. The van der Waals surface area contributed by atoms with Crippen LogP contribution < -0.4 is 5.32 Å². The van der Waals surface area contributed by atoms with Crippen LogP contribution in [0.5, 0.6) is 0 Å². The summed E-state index contributed by atoms with van der Waals surface area (Å²) in [6, 6.07) is 14.8. The molecule has 0 bridgehead atoms. The maximum absolute atomic E-state index is 12.5. The number of hydrogen-bond donors (Lipinski definition) is 1. The molecule has 0 spiro atoms. The van der Waals surface area contributed by atoms with Crippen LogP contribution in [-0.2, 0) is 9.53 Å². The average molecular weight is 326 g/mol. The van der Waals surface area contributed by atoms with Crippen LogP contribution in [0, 0.1) is 0 Å². The van der Waals surface area contributed by atoms with Crippen LogP contribution in [0.4, 0.5) is 0 Å². The highest BCUT2D eigenvalue weighted by Gasteiger charge is 2.25. The quantitative estimate of drug-likeness (QED) is 0.938.